The lowest BCUT2D eigenvalue weighted by Crippen LogP contribution is -2.45. The molecule has 0 aliphatic carbocycles. The minimum atomic E-state index is -0.833. The number of rotatable bonds is 6. The van der Waals surface area contributed by atoms with Gasteiger partial charge in [0.1, 0.15) is 6.04 Å². The van der Waals surface area contributed by atoms with Gasteiger partial charge >= 0.3 is 0 Å². The van der Waals surface area contributed by atoms with Gasteiger partial charge < -0.3 is 15.6 Å². The molecule has 0 aliphatic rings. The second-order valence-electron chi connectivity index (χ2n) is 7.55. The maximum absolute atomic E-state index is 13.3. The molecule has 0 saturated heterocycles. The van der Waals surface area contributed by atoms with Crippen molar-refractivity contribution in [2.24, 2.45) is 0 Å². The van der Waals surface area contributed by atoms with E-state index < -0.39 is 11.9 Å². The molecular weight excluding hydrogens is 456 g/mol. The molecule has 8 heteroatoms. The molecule has 3 N–H and O–H groups in total. The van der Waals surface area contributed by atoms with Gasteiger partial charge in [-0.2, -0.15) is 0 Å². The van der Waals surface area contributed by atoms with Gasteiger partial charge in [0, 0.05) is 23.5 Å². The zero-order valence-electron chi connectivity index (χ0n) is 17.3. The topological polar surface area (TPSA) is 86.9 Å². The second-order valence-corrected chi connectivity index (χ2v) is 8.98. The van der Waals surface area contributed by atoms with Crippen molar-refractivity contribution in [2.45, 2.75) is 12.5 Å². The summed E-state index contributed by atoms with van der Waals surface area (Å²) in [6.45, 7) is 0. The number of aromatic nitrogens is 2. The number of fused-ring (bicyclic) bond motifs is 2. The molecule has 2 aromatic heterocycles. The fraction of sp³-hybridized carbons (Fsp3) is 0.0800. The number of para-hydroxylation sites is 2. The van der Waals surface area contributed by atoms with E-state index in [0.29, 0.717) is 22.1 Å². The van der Waals surface area contributed by atoms with Gasteiger partial charge in [-0.25, -0.2) is 4.98 Å². The Morgan fingerprint density at radius 3 is 2.61 bits per heavy atom. The Bertz CT molecular complexity index is 1440. The highest BCUT2D eigenvalue weighted by molar-refractivity contribution is 7.22. The van der Waals surface area contributed by atoms with Gasteiger partial charge in [0.15, 0.2) is 5.13 Å². The Labute approximate surface area is 198 Å². The number of anilines is 1. The molecule has 0 spiro atoms. The zero-order valence-corrected chi connectivity index (χ0v) is 18.9. The average molecular weight is 475 g/mol. The number of hydrogen-bond donors (Lipinski definition) is 3. The lowest BCUT2D eigenvalue weighted by Gasteiger charge is -2.18. The first-order chi connectivity index (χ1) is 16.1. The first-order valence-electron chi connectivity index (χ1n) is 10.4. The maximum Gasteiger partial charge on any atom is 0.253 e. The van der Waals surface area contributed by atoms with Crippen LogP contribution in [0.3, 0.4) is 0 Å². The van der Waals surface area contributed by atoms with Crippen molar-refractivity contribution in [1.82, 2.24) is 15.3 Å². The van der Waals surface area contributed by atoms with E-state index in [4.69, 9.17) is 11.6 Å². The minimum Gasteiger partial charge on any atom is -0.361 e. The van der Waals surface area contributed by atoms with E-state index in [2.05, 4.69) is 20.6 Å². The van der Waals surface area contributed by atoms with E-state index in [1.54, 1.807) is 24.3 Å². The van der Waals surface area contributed by atoms with Crippen LogP contribution >= 0.6 is 22.9 Å². The number of hydrogen-bond acceptors (Lipinski definition) is 4. The van der Waals surface area contributed by atoms with Gasteiger partial charge in [-0.1, -0.05) is 65.4 Å². The number of carbonyl (C=O) groups is 2. The Kier molecular flexibility index (Phi) is 5.81. The lowest BCUT2D eigenvalue weighted by atomic mass is 10.0. The third-order valence-electron chi connectivity index (χ3n) is 5.36. The van der Waals surface area contributed by atoms with E-state index in [0.717, 1.165) is 26.7 Å². The van der Waals surface area contributed by atoms with Gasteiger partial charge in [-0.05, 0) is 35.9 Å². The molecule has 3 aromatic carbocycles. The van der Waals surface area contributed by atoms with Gasteiger partial charge in [0.05, 0.1) is 20.8 Å². The smallest absolute Gasteiger partial charge is 0.253 e. The van der Waals surface area contributed by atoms with Crippen molar-refractivity contribution in [2.75, 3.05) is 5.32 Å². The highest BCUT2D eigenvalue weighted by Crippen LogP contribution is 2.26. The second kappa shape index (κ2) is 9.05. The monoisotopic (exact) mass is 474 g/mol. The number of amides is 2. The zero-order chi connectivity index (χ0) is 22.8. The van der Waals surface area contributed by atoms with Gasteiger partial charge in [-0.3, -0.25) is 9.59 Å². The summed E-state index contributed by atoms with van der Waals surface area (Å²) >= 11 is 7.59. The van der Waals surface area contributed by atoms with E-state index >= 15 is 0 Å². The third-order valence-corrected chi connectivity index (χ3v) is 6.64. The van der Waals surface area contributed by atoms with Crippen molar-refractivity contribution < 1.29 is 9.59 Å². The van der Waals surface area contributed by atoms with Crippen LogP contribution in [0, 0.1) is 0 Å². The van der Waals surface area contributed by atoms with Crippen LogP contribution in [0.1, 0.15) is 15.9 Å². The molecule has 33 heavy (non-hydrogen) atoms. The Morgan fingerprint density at radius 2 is 1.76 bits per heavy atom. The SMILES string of the molecule is O=C(N[C@@H](Cc1c[nH]c2ccccc12)C(=O)Nc1nc2ccccc2s1)c1ccccc1Cl. The third kappa shape index (κ3) is 4.46. The number of carbonyl (C=O) groups excluding carboxylic acids is 2. The fourth-order valence-electron chi connectivity index (χ4n) is 3.73. The molecule has 0 aliphatic heterocycles. The van der Waals surface area contributed by atoms with Crippen LogP contribution in [0.15, 0.2) is 79.0 Å². The standard InChI is InChI=1S/C25H19ClN4O2S/c26-18-9-3-1-8-17(18)23(31)28-21(13-15-14-27-19-10-4-2-7-16(15)19)24(32)30-25-29-20-11-5-6-12-22(20)33-25/h1-12,14,21,27H,13H2,(H,28,31)(H,29,30,32)/t21-/m0/s1. The molecule has 0 saturated carbocycles. The van der Waals surface area contributed by atoms with Crippen molar-refractivity contribution >= 4 is 61.0 Å². The van der Waals surface area contributed by atoms with Crippen LogP contribution in [-0.4, -0.2) is 27.8 Å². The molecule has 1 atom stereocenters. The van der Waals surface area contributed by atoms with Gasteiger partial charge in [0.25, 0.3) is 5.91 Å². The van der Waals surface area contributed by atoms with E-state index in [9.17, 15) is 9.59 Å². The summed E-state index contributed by atoms with van der Waals surface area (Å²) in [7, 11) is 0. The highest BCUT2D eigenvalue weighted by Gasteiger charge is 2.25. The largest absolute Gasteiger partial charge is 0.361 e. The number of halogens is 1. The average Bonchev–Trinajstić information content (AvgIpc) is 3.42. The van der Waals surface area contributed by atoms with Crippen LogP contribution in [0.25, 0.3) is 21.1 Å². The predicted octanol–water partition coefficient (Wildman–Crippen LogP) is 5.41. The van der Waals surface area contributed by atoms with Crippen molar-refractivity contribution in [3.05, 3.63) is 95.1 Å². The van der Waals surface area contributed by atoms with Crippen LogP contribution in [-0.2, 0) is 11.2 Å². The summed E-state index contributed by atoms with van der Waals surface area (Å²) in [5.74, 6) is -0.760. The van der Waals surface area contributed by atoms with Crippen LogP contribution in [0.4, 0.5) is 5.13 Å². The lowest BCUT2D eigenvalue weighted by molar-refractivity contribution is -0.118. The molecule has 0 fully saturated rings. The number of H-pyrrole nitrogens is 1. The maximum atomic E-state index is 13.3. The van der Waals surface area contributed by atoms with E-state index in [1.807, 2.05) is 54.7 Å². The van der Waals surface area contributed by atoms with E-state index in [-0.39, 0.29) is 5.91 Å². The van der Waals surface area contributed by atoms with Crippen molar-refractivity contribution in [1.29, 1.82) is 0 Å². The fourth-order valence-corrected chi connectivity index (χ4v) is 4.82. The molecular formula is C25H19ClN4O2S. The van der Waals surface area contributed by atoms with Crippen molar-refractivity contribution in [3.8, 4) is 0 Å². The summed E-state index contributed by atoms with van der Waals surface area (Å²) in [6.07, 6.45) is 2.17. The predicted molar refractivity (Wildman–Crippen MR) is 133 cm³/mol. The first kappa shape index (κ1) is 21.2. The normalized spacial score (nSPS) is 12.0. The number of nitrogens with zero attached hydrogens (tertiary/aromatic N) is 1. The Morgan fingerprint density at radius 1 is 1.00 bits per heavy atom. The summed E-state index contributed by atoms with van der Waals surface area (Å²) in [6, 6.07) is 21.4. The summed E-state index contributed by atoms with van der Waals surface area (Å²) in [5, 5.41) is 7.54. The number of thiazole rings is 1. The molecule has 2 heterocycles. The van der Waals surface area contributed by atoms with Crippen LogP contribution in [0.5, 0.6) is 0 Å². The summed E-state index contributed by atoms with van der Waals surface area (Å²) < 4.78 is 0.973. The van der Waals surface area contributed by atoms with E-state index in [1.165, 1.54) is 11.3 Å². The first-order valence-corrected chi connectivity index (χ1v) is 11.5. The van der Waals surface area contributed by atoms with Crippen LogP contribution in [0.2, 0.25) is 5.02 Å². The molecule has 164 valence electrons. The molecule has 0 bridgehead atoms. The number of aromatic amines is 1. The molecule has 0 radical (unpaired) electrons. The summed E-state index contributed by atoms with van der Waals surface area (Å²) in [5.41, 5.74) is 3.02. The Hall–Kier alpha value is -3.68. The number of benzene rings is 3. The quantitative estimate of drug-likeness (QED) is 0.307. The van der Waals surface area contributed by atoms with Gasteiger partial charge in [0.2, 0.25) is 5.91 Å². The van der Waals surface area contributed by atoms with Crippen LogP contribution < -0.4 is 10.6 Å². The Balaban J connectivity index is 1.43. The summed E-state index contributed by atoms with van der Waals surface area (Å²) in [4.78, 5) is 34.0. The molecule has 5 aromatic rings. The molecule has 6 nitrogen and oxygen atoms in total. The minimum absolute atomic E-state index is 0.303. The number of nitrogens with one attached hydrogen (secondary N) is 3. The van der Waals surface area contributed by atoms with Crippen molar-refractivity contribution in [3.63, 3.8) is 0 Å². The highest BCUT2D eigenvalue weighted by atomic mass is 35.5. The molecule has 2 amide bonds. The molecule has 5 rings (SSSR count). The molecule has 0 unspecified atom stereocenters. The van der Waals surface area contributed by atoms with Gasteiger partial charge in [-0.15, -0.1) is 0 Å².